The van der Waals surface area contributed by atoms with E-state index in [-0.39, 0.29) is 17.0 Å². The lowest BCUT2D eigenvalue weighted by Crippen LogP contribution is -2.16. The van der Waals surface area contributed by atoms with Crippen LogP contribution in [0, 0.1) is 5.92 Å². The normalized spacial score (nSPS) is 12.4. The predicted octanol–water partition coefficient (Wildman–Crippen LogP) is 4.97. The lowest BCUT2D eigenvalue weighted by atomic mass is 9.83. The van der Waals surface area contributed by atoms with E-state index < -0.39 is 11.9 Å². The van der Waals surface area contributed by atoms with Gasteiger partial charge in [0.2, 0.25) is 0 Å². The number of carboxylic acid groups (broad SMARTS) is 2. The second-order valence-electron chi connectivity index (χ2n) is 6.45. The minimum absolute atomic E-state index is 0.0286. The van der Waals surface area contributed by atoms with Gasteiger partial charge in [-0.05, 0) is 35.4 Å². The van der Waals surface area contributed by atoms with E-state index in [1.54, 1.807) is 6.07 Å². The Morgan fingerprint density at radius 2 is 1.74 bits per heavy atom. The van der Waals surface area contributed by atoms with Crippen LogP contribution in [0.3, 0.4) is 0 Å². The molecule has 0 saturated carbocycles. The van der Waals surface area contributed by atoms with Gasteiger partial charge < -0.3 is 10.2 Å². The molecule has 4 nitrogen and oxygen atoms in total. The Morgan fingerprint density at radius 1 is 1.09 bits per heavy atom. The molecule has 0 fully saturated rings. The number of rotatable bonds is 9. The van der Waals surface area contributed by atoms with Crippen molar-refractivity contribution in [3.63, 3.8) is 0 Å². The molecule has 4 heteroatoms. The molecule has 2 N–H and O–H groups in total. The van der Waals surface area contributed by atoms with E-state index in [0.717, 1.165) is 37.7 Å². The van der Waals surface area contributed by atoms with Crippen LogP contribution in [0.1, 0.15) is 91.1 Å². The third-order valence-electron chi connectivity index (χ3n) is 4.41. The number of hydrogen-bond acceptors (Lipinski definition) is 2. The van der Waals surface area contributed by atoms with Crippen molar-refractivity contribution in [1.82, 2.24) is 0 Å². The smallest absolute Gasteiger partial charge is 0.336 e. The van der Waals surface area contributed by atoms with E-state index in [9.17, 15) is 19.8 Å². The van der Waals surface area contributed by atoms with Gasteiger partial charge in [0, 0.05) is 0 Å². The summed E-state index contributed by atoms with van der Waals surface area (Å²) in [5.41, 5.74) is 1.49. The molecule has 0 aliphatic rings. The quantitative estimate of drug-likeness (QED) is 0.674. The maximum absolute atomic E-state index is 11.7. The first-order chi connectivity index (χ1) is 10.8. The standard InChI is InChI=1S/C19H28O4/c1-5-7-8-13(6-2)11-14-9-10-15(18(20)21)17(19(22)23)16(14)12(3)4/h9-10,12-13H,5-8,11H2,1-4H3,(H,20,21)(H,22,23). The zero-order valence-corrected chi connectivity index (χ0v) is 14.6. The molecule has 0 aromatic heterocycles. The summed E-state index contributed by atoms with van der Waals surface area (Å²) >= 11 is 0. The summed E-state index contributed by atoms with van der Waals surface area (Å²) < 4.78 is 0. The van der Waals surface area contributed by atoms with Crippen molar-refractivity contribution in [1.29, 1.82) is 0 Å². The highest BCUT2D eigenvalue weighted by atomic mass is 16.4. The van der Waals surface area contributed by atoms with E-state index in [4.69, 9.17) is 0 Å². The van der Waals surface area contributed by atoms with Gasteiger partial charge in [0.05, 0.1) is 11.1 Å². The van der Waals surface area contributed by atoms with Gasteiger partial charge in [-0.25, -0.2) is 9.59 Å². The lowest BCUT2D eigenvalue weighted by Gasteiger charge is -2.21. The van der Waals surface area contributed by atoms with Crippen LogP contribution < -0.4 is 0 Å². The third kappa shape index (κ3) is 4.81. The summed E-state index contributed by atoms with van der Waals surface area (Å²) in [7, 11) is 0. The van der Waals surface area contributed by atoms with Crippen molar-refractivity contribution in [3.05, 3.63) is 34.4 Å². The van der Waals surface area contributed by atoms with Gasteiger partial charge in [0.25, 0.3) is 0 Å². The Balaban J connectivity index is 3.35. The Hall–Kier alpha value is -1.84. The van der Waals surface area contributed by atoms with Crippen molar-refractivity contribution in [2.75, 3.05) is 0 Å². The molecule has 1 rings (SSSR count). The van der Waals surface area contributed by atoms with Gasteiger partial charge in [-0.15, -0.1) is 0 Å². The molecule has 0 aliphatic carbocycles. The average molecular weight is 320 g/mol. The molecule has 0 amide bonds. The molecule has 1 aromatic rings. The van der Waals surface area contributed by atoms with Gasteiger partial charge >= 0.3 is 11.9 Å². The maximum atomic E-state index is 11.7. The van der Waals surface area contributed by atoms with Crippen LogP contribution in [0.2, 0.25) is 0 Å². The molecule has 23 heavy (non-hydrogen) atoms. The Bertz CT molecular complexity index is 561. The van der Waals surface area contributed by atoms with Gasteiger partial charge in [-0.3, -0.25) is 0 Å². The van der Waals surface area contributed by atoms with Crippen LogP contribution in [-0.4, -0.2) is 22.2 Å². The molecule has 128 valence electrons. The van der Waals surface area contributed by atoms with Crippen molar-refractivity contribution < 1.29 is 19.8 Å². The largest absolute Gasteiger partial charge is 0.478 e. The molecular weight excluding hydrogens is 292 g/mol. The monoisotopic (exact) mass is 320 g/mol. The van der Waals surface area contributed by atoms with Crippen LogP contribution in [0.4, 0.5) is 0 Å². The van der Waals surface area contributed by atoms with E-state index in [1.807, 2.05) is 13.8 Å². The van der Waals surface area contributed by atoms with Crippen molar-refractivity contribution in [3.8, 4) is 0 Å². The number of aromatic carboxylic acids is 2. The Labute approximate surface area is 138 Å². The zero-order chi connectivity index (χ0) is 17.6. The fraction of sp³-hybridized carbons (Fsp3) is 0.579. The first-order valence-electron chi connectivity index (χ1n) is 8.45. The highest BCUT2D eigenvalue weighted by Crippen LogP contribution is 2.30. The maximum Gasteiger partial charge on any atom is 0.336 e. The predicted molar refractivity (Wildman–Crippen MR) is 91.5 cm³/mol. The Morgan fingerprint density at radius 3 is 2.17 bits per heavy atom. The summed E-state index contributed by atoms with van der Waals surface area (Å²) in [5.74, 6) is -1.87. The number of carboxylic acids is 2. The molecule has 0 aliphatic heterocycles. The molecule has 1 unspecified atom stereocenters. The number of unbranched alkanes of at least 4 members (excludes halogenated alkanes) is 1. The molecular formula is C19H28O4. The molecule has 1 aromatic carbocycles. The van der Waals surface area contributed by atoms with E-state index in [2.05, 4.69) is 13.8 Å². The number of carbonyl (C=O) groups is 2. The topological polar surface area (TPSA) is 74.6 Å². The van der Waals surface area contributed by atoms with Gasteiger partial charge in [-0.2, -0.15) is 0 Å². The van der Waals surface area contributed by atoms with Crippen LogP contribution in [-0.2, 0) is 6.42 Å². The minimum atomic E-state index is -1.19. The molecule has 0 bridgehead atoms. The number of hydrogen-bond donors (Lipinski definition) is 2. The van der Waals surface area contributed by atoms with E-state index >= 15 is 0 Å². The number of benzene rings is 1. The second kappa shape index (κ2) is 8.70. The molecule has 0 heterocycles. The van der Waals surface area contributed by atoms with Crippen LogP contribution >= 0.6 is 0 Å². The van der Waals surface area contributed by atoms with Gasteiger partial charge in [-0.1, -0.05) is 59.4 Å². The SMILES string of the molecule is CCCCC(CC)Cc1ccc(C(=O)O)c(C(=O)O)c1C(C)C. The van der Waals surface area contributed by atoms with E-state index in [1.165, 1.54) is 6.07 Å². The highest BCUT2D eigenvalue weighted by molar-refractivity contribution is 6.03. The van der Waals surface area contributed by atoms with Crippen LogP contribution in [0.25, 0.3) is 0 Å². The molecule has 0 spiro atoms. The van der Waals surface area contributed by atoms with Crippen molar-refractivity contribution in [2.24, 2.45) is 5.92 Å². The fourth-order valence-electron chi connectivity index (χ4n) is 3.16. The molecule has 1 atom stereocenters. The first-order valence-corrected chi connectivity index (χ1v) is 8.45. The van der Waals surface area contributed by atoms with Crippen molar-refractivity contribution in [2.45, 2.75) is 65.7 Å². The fourth-order valence-corrected chi connectivity index (χ4v) is 3.16. The summed E-state index contributed by atoms with van der Waals surface area (Å²) in [4.78, 5) is 23.0. The second-order valence-corrected chi connectivity index (χ2v) is 6.45. The summed E-state index contributed by atoms with van der Waals surface area (Å²) in [6.07, 6.45) is 5.28. The molecule has 0 radical (unpaired) electrons. The highest BCUT2D eigenvalue weighted by Gasteiger charge is 2.25. The van der Waals surface area contributed by atoms with Crippen LogP contribution in [0.15, 0.2) is 12.1 Å². The van der Waals surface area contributed by atoms with E-state index in [0.29, 0.717) is 11.5 Å². The summed E-state index contributed by atoms with van der Waals surface area (Å²) in [5, 5.41) is 18.8. The minimum Gasteiger partial charge on any atom is -0.478 e. The molecule has 0 saturated heterocycles. The average Bonchev–Trinajstić information content (AvgIpc) is 2.49. The lowest BCUT2D eigenvalue weighted by molar-refractivity contribution is 0.0650. The summed E-state index contributed by atoms with van der Waals surface area (Å²) in [6, 6.07) is 3.25. The van der Waals surface area contributed by atoms with Gasteiger partial charge in [0.1, 0.15) is 0 Å². The third-order valence-corrected chi connectivity index (χ3v) is 4.41. The first kappa shape index (κ1) is 19.2. The zero-order valence-electron chi connectivity index (χ0n) is 14.6. The van der Waals surface area contributed by atoms with Gasteiger partial charge in [0.15, 0.2) is 0 Å². The van der Waals surface area contributed by atoms with Crippen LogP contribution in [0.5, 0.6) is 0 Å². The summed E-state index contributed by atoms with van der Waals surface area (Å²) in [6.45, 7) is 8.16. The van der Waals surface area contributed by atoms with Crippen molar-refractivity contribution >= 4 is 11.9 Å². The Kier molecular flexibility index (Phi) is 7.27.